The maximum absolute atomic E-state index is 13.8. The summed E-state index contributed by atoms with van der Waals surface area (Å²) in [6.45, 7) is 2.22. The van der Waals surface area contributed by atoms with E-state index in [1.165, 1.54) is 6.08 Å². The van der Waals surface area contributed by atoms with E-state index in [9.17, 15) is 22.0 Å². The van der Waals surface area contributed by atoms with Gasteiger partial charge in [-0.25, -0.2) is 8.78 Å². The Bertz CT molecular complexity index is 1320. The number of alkyl halides is 5. The van der Waals surface area contributed by atoms with E-state index in [0.29, 0.717) is 35.3 Å². The van der Waals surface area contributed by atoms with Crippen LogP contribution in [0.3, 0.4) is 0 Å². The van der Waals surface area contributed by atoms with Gasteiger partial charge >= 0.3 is 6.18 Å². The van der Waals surface area contributed by atoms with Gasteiger partial charge in [-0.1, -0.05) is 30.3 Å². The van der Waals surface area contributed by atoms with Gasteiger partial charge in [0.15, 0.2) is 11.4 Å². The molecule has 1 atom stereocenters. The van der Waals surface area contributed by atoms with Gasteiger partial charge in [-0.3, -0.25) is 4.68 Å². The lowest BCUT2D eigenvalue weighted by molar-refractivity contribution is -0.0883. The molecule has 36 heavy (non-hydrogen) atoms. The van der Waals surface area contributed by atoms with Crippen LogP contribution in [0.1, 0.15) is 56.1 Å². The van der Waals surface area contributed by atoms with E-state index < -0.39 is 25.1 Å². The number of allylic oxidation sites excluding steroid dienone is 6. The minimum Gasteiger partial charge on any atom is -0.358 e. The Balaban J connectivity index is 1.73. The molecule has 0 fully saturated rings. The van der Waals surface area contributed by atoms with Crippen LogP contribution in [-0.2, 0) is 13.2 Å². The van der Waals surface area contributed by atoms with E-state index >= 15 is 0 Å². The molecule has 192 valence electrons. The first-order valence-corrected chi connectivity index (χ1v) is 11.8. The molecular formula is C26H27F5N4O. The van der Waals surface area contributed by atoms with Crippen molar-refractivity contribution in [2.45, 2.75) is 58.5 Å². The summed E-state index contributed by atoms with van der Waals surface area (Å²) >= 11 is 0. The lowest BCUT2D eigenvalue weighted by atomic mass is 9.98. The molecule has 2 aromatic heterocycles. The molecule has 1 unspecified atom stereocenters. The largest absolute Gasteiger partial charge is 0.416 e. The first-order valence-electron chi connectivity index (χ1n) is 11.8. The molecule has 1 N–H and O–H groups in total. The van der Waals surface area contributed by atoms with E-state index in [4.69, 9.17) is 4.52 Å². The minimum atomic E-state index is -4.58. The number of hydrogen-bond donors (Lipinski definition) is 1. The van der Waals surface area contributed by atoms with Crippen molar-refractivity contribution in [2.24, 2.45) is 0 Å². The third kappa shape index (κ3) is 5.22. The van der Waals surface area contributed by atoms with E-state index in [1.807, 2.05) is 0 Å². The number of fused-ring (bicyclic) bond motifs is 2. The number of rotatable bonds is 8. The highest BCUT2D eigenvalue weighted by atomic mass is 19.4. The molecule has 1 aliphatic rings. The monoisotopic (exact) mass is 506 g/mol. The molecular weight excluding hydrogens is 479 g/mol. The Morgan fingerprint density at radius 1 is 1.25 bits per heavy atom. The Kier molecular flexibility index (Phi) is 7.61. The number of benzene rings is 1. The summed E-state index contributed by atoms with van der Waals surface area (Å²) in [5, 5.41) is 12.6. The molecule has 0 saturated heterocycles. The summed E-state index contributed by atoms with van der Waals surface area (Å²) in [5.41, 5.74) is 1.38. The summed E-state index contributed by atoms with van der Waals surface area (Å²) in [6, 6.07) is 6.37. The van der Waals surface area contributed by atoms with Gasteiger partial charge < -0.3 is 9.84 Å². The number of aryl methyl sites for hydroxylation is 1. The van der Waals surface area contributed by atoms with Gasteiger partial charge in [0.1, 0.15) is 13.3 Å². The van der Waals surface area contributed by atoms with Crippen LogP contribution in [0.2, 0.25) is 0 Å². The van der Waals surface area contributed by atoms with Crippen LogP contribution in [-0.4, -0.2) is 27.8 Å². The van der Waals surface area contributed by atoms with Crippen molar-refractivity contribution < 1.29 is 26.5 Å². The average molecular weight is 507 g/mol. The van der Waals surface area contributed by atoms with Gasteiger partial charge in [0, 0.05) is 12.1 Å². The van der Waals surface area contributed by atoms with Crippen molar-refractivity contribution in [3.8, 4) is 0 Å². The predicted octanol–water partition coefficient (Wildman–Crippen LogP) is 7.64. The fourth-order valence-corrected chi connectivity index (χ4v) is 4.37. The maximum Gasteiger partial charge on any atom is 0.416 e. The summed E-state index contributed by atoms with van der Waals surface area (Å²) in [6.07, 6.45) is 0.590. The fraction of sp³-hybridized carbons (Fsp3) is 0.385. The normalized spacial score (nSPS) is 17.5. The van der Waals surface area contributed by atoms with Crippen molar-refractivity contribution in [3.05, 3.63) is 70.6 Å². The average Bonchev–Trinajstić information content (AvgIpc) is 3.47. The lowest BCUT2D eigenvalue weighted by Crippen LogP contribution is -2.21. The standard InChI is InChI=1S/C26H27F5N4O/c1-3-6-18(26(29,30)31)12-19(17(4-2)15-28)22-13-23-21(7-5-10-35(23)33-22)32-25-20-11-16(14-27)8-9-24(20)36-34-25/h4,6,8-9,11-13,21H,3,5,7,10,14-15H2,1-2H3,(H,32,34)/b17-4-,18-6-,19-12+. The van der Waals surface area contributed by atoms with Gasteiger partial charge in [0.05, 0.1) is 28.4 Å². The molecule has 0 radical (unpaired) electrons. The molecule has 10 heteroatoms. The molecule has 0 aliphatic carbocycles. The van der Waals surface area contributed by atoms with Gasteiger partial charge in [0.25, 0.3) is 0 Å². The third-order valence-electron chi connectivity index (χ3n) is 6.20. The number of hydrogen-bond acceptors (Lipinski definition) is 4. The zero-order chi connectivity index (χ0) is 25.9. The molecule has 0 bridgehead atoms. The van der Waals surface area contributed by atoms with Gasteiger partial charge in [-0.05, 0) is 61.6 Å². The van der Waals surface area contributed by atoms with Gasteiger partial charge in [-0.2, -0.15) is 18.3 Å². The van der Waals surface area contributed by atoms with Crippen LogP contribution in [0, 0.1) is 0 Å². The van der Waals surface area contributed by atoms with E-state index in [2.05, 4.69) is 15.6 Å². The number of aromatic nitrogens is 3. The Labute approximate surface area is 205 Å². The van der Waals surface area contributed by atoms with Crippen molar-refractivity contribution in [3.63, 3.8) is 0 Å². The van der Waals surface area contributed by atoms with E-state index in [0.717, 1.165) is 24.3 Å². The van der Waals surface area contributed by atoms with Crippen molar-refractivity contribution in [1.29, 1.82) is 0 Å². The van der Waals surface area contributed by atoms with Crippen molar-refractivity contribution >= 4 is 22.4 Å². The number of nitrogens with one attached hydrogen (secondary N) is 1. The molecule has 5 nitrogen and oxygen atoms in total. The zero-order valence-corrected chi connectivity index (χ0v) is 20.0. The first-order chi connectivity index (χ1) is 17.3. The second kappa shape index (κ2) is 10.7. The molecule has 0 saturated carbocycles. The van der Waals surface area contributed by atoms with Gasteiger partial charge in [-0.15, -0.1) is 0 Å². The fourth-order valence-electron chi connectivity index (χ4n) is 4.37. The number of anilines is 1. The molecule has 0 amide bonds. The highest BCUT2D eigenvalue weighted by Crippen LogP contribution is 2.36. The van der Waals surface area contributed by atoms with Crippen LogP contribution in [0.15, 0.2) is 58.2 Å². The zero-order valence-electron chi connectivity index (χ0n) is 20.0. The lowest BCUT2D eigenvalue weighted by Gasteiger charge is -2.24. The predicted molar refractivity (Wildman–Crippen MR) is 129 cm³/mol. The van der Waals surface area contributed by atoms with Crippen LogP contribution in [0.5, 0.6) is 0 Å². The SMILES string of the molecule is C\C=C(CF)/C(=C\C(=C\CC)C(F)(F)F)c1cc2n(n1)CCCC2Nc1noc2ccc(CF)cc12. The summed E-state index contributed by atoms with van der Waals surface area (Å²) in [5.74, 6) is 0.445. The highest BCUT2D eigenvalue weighted by molar-refractivity contribution is 5.88. The topological polar surface area (TPSA) is 55.9 Å². The van der Waals surface area contributed by atoms with E-state index in [1.54, 1.807) is 42.8 Å². The van der Waals surface area contributed by atoms with Crippen LogP contribution < -0.4 is 5.32 Å². The Morgan fingerprint density at radius 2 is 2.06 bits per heavy atom. The van der Waals surface area contributed by atoms with Crippen molar-refractivity contribution in [1.82, 2.24) is 14.9 Å². The molecule has 1 aliphatic heterocycles. The Morgan fingerprint density at radius 3 is 2.72 bits per heavy atom. The van der Waals surface area contributed by atoms with Crippen LogP contribution >= 0.6 is 0 Å². The van der Waals surface area contributed by atoms with Crippen LogP contribution in [0.25, 0.3) is 16.5 Å². The minimum absolute atomic E-state index is 0.0946. The molecule has 3 heterocycles. The second-order valence-corrected chi connectivity index (χ2v) is 8.58. The summed E-state index contributed by atoms with van der Waals surface area (Å²) in [7, 11) is 0. The first kappa shape index (κ1) is 25.7. The van der Waals surface area contributed by atoms with Crippen molar-refractivity contribution in [2.75, 3.05) is 12.0 Å². The number of halogens is 5. The van der Waals surface area contributed by atoms with E-state index in [-0.39, 0.29) is 29.3 Å². The number of nitrogens with zero attached hydrogens (tertiary/aromatic N) is 3. The van der Waals surface area contributed by atoms with Gasteiger partial charge in [0.2, 0.25) is 0 Å². The molecule has 3 aromatic rings. The second-order valence-electron chi connectivity index (χ2n) is 8.58. The molecule has 4 rings (SSSR count). The third-order valence-corrected chi connectivity index (χ3v) is 6.20. The summed E-state index contributed by atoms with van der Waals surface area (Å²) in [4.78, 5) is 0. The van der Waals surface area contributed by atoms with Crippen LogP contribution in [0.4, 0.5) is 27.8 Å². The summed E-state index contributed by atoms with van der Waals surface area (Å²) < 4.78 is 75.0. The maximum atomic E-state index is 13.8. The molecule has 0 spiro atoms. The Hall–Kier alpha value is -3.43. The quantitative estimate of drug-likeness (QED) is 0.252. The molecule has 1 aromatic carbocycles. The highest BCUT2D eigenvalue weighted by Gasteiger charge is 2.33. The smallest absolute Gasteiger partial charge is 0.358 e.